The van der Waals surface area contributed by atoms with Crippen LogP contribution >= 0.6 is 0 Å². The van der Waals surface area contributed by atoms with E-state index in [9.17, 15) is 0 Å². The molecule has 1 unspecified atom stereocenters. The second kappa shape index (κ2) is 4.88. The minimum atomic E-state index is -0.0644. The van der Waals surface area contributed by atoms with Crippen LogP contribution in [0.4, 0.5) is 5.82 Å². The molecule has 2 rings (SSSR count). The molecule has 1 atom stereocenters. The maximum atomic E-state index is 5.88. The van der Waals surface area contributed by atoms with E-state index >= 15 is 0 Å². The van der Waals surface area contributed by atoms with Crippen molar-refractivity contribution in [1.29, 1.82) is 0 Å². The lowest BCUT2D eigenvalue weighted by molar-refractivity contribution is 0.664. The van der Waals surface area contributed by atoms with E-state index in [-0.39, 0.29) is 6.04 Å². The number of nitrogens with one attached hydrogen (secondary N) is 1. The first-order valence-corrected chi connectivity index (χ1v) is 5.39. The summed E-state index contributed by atoms with van der Waals surface area (Å²) in [6.07, 6.45) is 3.42. The minimum Gasteiger partial charge on any atom is -0.383 e. The van der Waals surface area contributed by atoms with Gasteiger partial charge in [0.15, 0.2) is 0 Å². The van der Waals surface area contributed by atoms with E-state index in [1.165, 1.54) is 0 Å². The molecule has 0 aromatic carbocycles. The summed E-state index contributed by atoms with van der Waals surface area (Å²) in [7, 11) is 1.87. The van der Waals surface area contributed by atoms with Gasteiger partial charge in [0.25, 0.3) is 0 Å². The van der Waals surface area contributed by atoms with E-state index in [2.05, 4.69) is 20.3 Å². The molecule has 2 aromatic rings. The molecular formula is C12H15N5. The molecule has 0 amide bonds. The van der Waals surface area contributed by atoms with Gasteiger partial charge in [0.2, 0.25) is 0 Å². The molecular weight excluding hydrogens is 214 g/mol. The molecule has 5 heteroatoms. The summed E-state index contributed by atoms with van der Waals surface area (Å²) in [5.74, 6) is 1.26. The van der Waals surface area contributed by atoms with Gasteiger partial charge in [0.05, 0.1) is 11.7 Å². The number of anilines is 1. The van der Waals surface area contributed by atoms with Gasteiger partial charge in [0, 0.05) is 18.0 Å². The average molecular weight is 229 g/mol. The third-order valence-electron chi connectivity index (χ3n) is 2.56. The third-order valence-corrected chi connectivity index (χ3v) is 2.56. The van der Waals surface area contributed by atoms with Crippen molar-refractivity contribution in [3.63, 3.8) is 0 Å². The summed E-state index contributed by atoms with van der Waals surface area (Å²) >= 11 is 0. The Hall–Kier alpha value is -2.01. The van der Waals surface area contributed by atoms with Crippen molar-refractivity contribution in [3.8, 4) is 0 Å². The molecule has 3 N–H and O–H groups in total. The van der Waals surface area contributed by atoms with Gasteiger partial charge in [-0.2, -0.15) is 0 Å². The van der Waals surface area contributed by atoms with Crippen LogP contribution in [0.1, 0.15) is 23.1 Å². The Balaban J connectivity index is 2.44. The molecule has 2 aromatic heterocycles. The molecule has 2 heterocycles. The van der Waals surface area contributed by atoms with E-state index < -0.39 is 0 Å². The second-order valence-electron chi connectivity index (χ2n) is 3.73. The summed E-state index contributed by atoms with van der Waals surface area (Å²) in [6, 6.07) is 5.62. The highest BCUT2D eigenvalue weighted by Gasteiger charge is 2.16. The van der Waals surface area contributed by atoms with Crippen LogP contribution in [-0.4, -0.2) is 22.0 Å². The fraction of sp³-hybridized carbons (Fsp3) is 0.250. The Morgan fingerprint density at radius 2 is 2.06 bits per heavy atom. The number of hydrogen-bond donors (Lipinski definition) is 2. The van der Waals surface area contributed by atoms with Gasteiger partial charge < -0.3 is 11.1 Å². The number of rotatable bonds is 3. The van der Waals surface area contributed by atoms with Gasteiger partial charge in [-0.1, -0.05) is 6.07 Å². The lowest BCUT2D eigenvalue weighted by Crippen LogP contribution is -2.21. The van der Waals surface area contributed by atoms with E-state index in [1.807, 2.05) is 32.2 Å². The van der Waals surface area contributed by atoms with Crippen LogP contribution in [0.3, 0.4) is 0 Å². The van der Waals surface area contributed by atoms with Gasteiger partial charge in [-0.3, -0.25) is 0 Å². The number of hydrogen-bond acceptors (Lipinski definition) is 5. The smallest absolute Gasteiger partial charge is 0.128 e. The summed E-state index contributed by atoms with van der Waals surface area (Å²) in [4.78, 5) is 12.6. The molecule has 0 aliphatic heterocycles. The predicted molar refractivity (Wildman–Crippen MR) is 66.3 cm³/mol. The van der Waals surface area contributed by atoms with Crippen molar-refractivity contribution in [2.75, 3.05) is 12.8 Å². The predicted octanol–water partition coefficient (Wildman–Crippen LogP) is 1.07. The van der Waals surface area contributed by atoms with Crippen LogP contribution < -0.4 is 11.1 Å². The molecule has 0 saturated carbocycles. The van der Waals surface area contributed by atoms with Crippen molar-refractivity contribution in [2.45, 2.75) is 13.0 Å². The lowest BCUT2D eigenvalue weighted by atomic mass is 10.0. The normalized spacial score (nSPS) is 12.4. The number of nitrogens with zero attached hydrogens (tertiary/aromatic N) is 3. The van der Waals surface area contributed by atoms with Gasteiger partial charge in [0.1, 0.15) is 11.6 Å². The van der Waals surface area contributed by atoms with E-state index in [1.54, 1.807) is 12.4 Å². The van der Waals surface area contributed by atoms with Crippen molar-refractivity contribution in [1.82, 2.24) is 20.3 Å². The highest BCUT2D eigenvalue weighted by atomic mass is 15.0. The van der Waals surface area contributed by atoms with Crippen molar-refractivity contribution < 1.29 is 0 Å². The minimum absolute atomic E-state index is 0.0644. The molecule has 88 valence electrons. The van der Waals surface area contributed by atoms with Crippen LogP contribution in [0.15, 0.2) is 30.6 Å². The van der Waals surface area contributed by atoms with Gasteiger partial charge in [-0.05, 0) is 26.1 Å². The molecule has 0 aliphatic rings. The maximum Gasteiger partial charge on any atom is 0.128 e. The first-order chi connectivity index (χ1) is 8.22. The zero-order valence-electron chi connectivity index (χ0n) is 9.88. The molecule has 5 nitrogen and oxygen atoms in total. The molecule has 0 spiro atoms. The van der Waals surface area contributed by atoms with Crippen molar-refractivity contribution in [3.05, 3.63) is 47.7 Å². The largest absolute Gasteiger partial charge is 0.383 e. The number of nitrogens with two attached hydrogens (primary N) is 1. The van der Waals surface area contributed by atoms with Crippen molar-refractivity contribution in [2.24, 2.45) is 0 Å². The highest BCUT2D eigenvalue weighted by molar-refractivity contribution is 5.44. The monoisotopic (exact) mass is 229 g/mol. The number of aryl methyl sites for hydroxylation is 1. The number of nitrogen functional groups attached to an aromatic ring is 1. The maximum absolute atomic E-state index is 5.88. The molecule has 0 saturated heterocycles. The third kappa shape index (κ3) is 2.39. The van der Waals surface area contributed by atoms with Crippen LogP contribution in [-0.2, 0) is 0 Å². The zero-order valence-corrected chi connectivity index (χ0v) is 9.88. The first-order valence-electron chi connectivity index (χ1n) is 5.39. The molecule has 17 heavy (non-hydrogen) atoms. The Labute approximate surface area is 100 Å². The fourth-order valence-electron chi connectivity index (χ4n) is 1.77. The van der Waals surface area contributed by atoms with Crippen LogP contribution in [0.25, 0.3) is 0 Å². The quantitative estimate of drug-likeness (QED) is 0.823. The Morgan fingerprint density at radius 3 is 2.71 bits per heavy atom. The van der Waals surface area contributed by atoms with Crippen molar-refractivity contribution >= 4 is 5.82 Å². The van der Waals surface area contributed by atoms with Gasteiger partial charge in [-0.25, -0.2) is 15.0 Å². The molecule has 0 fully saturated rings. The second-order valence-corrected chi connectivity index (χ2v) is 3.73. The van der Waals surface area contributed by atoms with E-state index in [0.717, 1.165) is 17.1 Å². The van der Waals surface area contributed by atoms with Gasteiger partial charge in [-0.15, -0.1) is 0 Å². The van der Waals surface area contributed by atoms with E-state index in [0.29, 0.717) is 5.82 Å². The number of aromatic nitrogens is 3. The summed E-state index contributed by atoms with van der Waals surface area (Å²) in [5.41, 5.74) is 7.69. The number of pyridine rings is 1. The first kappa shape index (κ1) is 11.5. The molecule has 0 radical (unpaired) electrons. The Bertz CT molecular complexity index is 512. The fourth-order valence-corrected chi connectivity index (χ4v) is 1.77. The van der Waals surface area contributed by atoms with Gasteiger partial charge >= 0.3 is 0 Å². The Kier molecular flexibility index (Phi) is 3.30. The average Bonchev–Trinajstić information content (AvgIpc) is 2.33. The van der Waals surface area contributed by atoms with Crippen LogP contribution in [0, 0.1) is 6.92 Å². The van der Waals surface area contributed by atoms with Crippen LogP contribution in [0.2, 0.25) is 0 Å². The topological polar surface area (TPSA) is 76.7 Å². The SMILES string of the molecule is CNC(c1ccnc(C)n1)c1cccnc1N. The highest BCUT2D eigenvalue weighted by Crippen LogP contribution is 2.23. The zero-order chi connectivity index (χ0) is 12.3. The lowest BCUT2D eigenvalue weighted by Gasteiger charge is -2.17. The standard InChI is InChI=1S/C12H15N5/c1-8-15-7-5-10(17-8)11(14-2)9-4-3-6-16-12(9)13/h3-7,11,14H,1-2H3,(H2,13,16). The Morgan fingerprint density at radius 1 is 1.24 bits per heavy atom. The summed E-state index contributed by atoms with van der Waals surface area (Å²) < 4.78 is 0. The van der Waals surface area contributed by atoms with Crippen LogP contribution in [0.5, 0.6) is 0 Å². The molecule has 0 bridgehead atoms. The summed E-state index contributed by atoms with van der Waals surface area (Å²) in [5, 5.41) is 3.19. The van der Waals surface area contributed by atoms with E-state index in [4.69, 9.17) is 5.73 Å². The molecule has 0 aliphatic carbocycles. The summed E-state index contributed by atoms with van der Waals surface area (Å²) in [6.45, 7) is 1.86.